The molecule has 3 saturated heterocycles. The van der Waals surface area contributed by atoms with Crippen molar-refractivity contribution in [2.45, 2.75) is 309 Å². The molecule has 18 atom stereocenters. The molecule has 9 heterocycles. The average molecular weight is 2000 g/mol. The third-order valence-electron chi connectivity index (χ3n) is 28.6. The second-order valence-electron chi connectivity index (χ2n) is 41.3. The smallest absolute Gasteiger partial charge is 0.408 e. The summed E-state index contributed by atoms with van der Waals surface area (Å²) in [6.07, 6.45) is 8.21. The van der Waals surface area contributed by atoms with Crippen LogP contribution < -0.4 is 44.4 Å². The van der Waals surface area contributed by atoms with Crippen molar-refractivity contribution in [1.82, 2.24) is 45.6 Å². The number of hydrogen-bond acceptors (Lipinski definition) is 21. The molecule has 6 aliphatic heterocycles. The SMILES string of the molecule is CC[C@@H]1[C@@H]2CN(C(=O)[C@H](C(C)(C)C)NC(=O)O[C@]3(C)C[C@H]3CCCCC(F)(F)c3cc4ccc(OC)cc4nc3O2)[C@@H]1[C-]=O.COc1ccc2cc3c(nc2c1)O[C@H]1CN(C(=O)[C@H](C(C)(C)C)NC(=O)O[C@]2(C)CCC[C@H]2CCCCC3(F)F)[C@H]([C-]=O)[C@@H]1C.COc1ccc2cc3c(nc2c1)O[C@H]1CN(C(=O)[C@H](C(C)(C)C)NC(=O)O[C@]2(C)C[C@H]2CCCCC3(F)F)[C@H]([C-]=O)[C@@H]1C.[V].[V].[V]. The molecule has 0 unspecified atom stereocenters. The summed E-state index contributed by atoms with van der Waals surface area (Å²) < 4.78 is 148. The number of fused-ring (bicyclic) bond motifs is 15. The van der Waals surface area contributed by atoms with E-state index in [4.69, 9.17) is 42.6 Å². The van der Waals surface area contributed by atoms with E-state index in [9.17, 15) is 43.2 Å². The Morgan fingerprint density at radius 2 is 0.711 bits per heavy atom. The summed E-state index contributed by atoms with van der Waals surface area (Å²) in [7, 11) is 4.52. The second kappa shape index (κ2) is 42.5. The van der Waals surface area contributed by atoms with Gasteiger partial charge in [-0.25, -0.2) is 74.5 Å². The number of alkyl halides is 6. The maximum atomic E-state index is 16.1. The molecule has 3 N–H and O–H groups in total. The summed E-state index contributed by atoms with van der Waals surface area (Å²) in [6, 6.07) is 13.2. The van der Waals surface area contributed by atoms with Gasteiger partial charge < -0.3 is 87.7 Å². The van der Waals surface area contributed by atoms with Crippen LogP contribution in [0.2, 0.25) is 0 Å². The predicted molar refractivity (Wildman–Crippen MR) is 478 cm³/mol. The summed E-state index contributed by atoms with van der Waals surface area (Å²) >= 11 is 0. The van der Waals surface area contributed by atoms with Crippen molar-refractivity contribution < 1.29 is 168 Å². The monoisotopic (exact) mass is 2000 g/mol. The van der Waals surface area contributed by atoms with Crippen LogP contribution >= 0.6 is 0 Å². The van der Waals surface area contributed by atoms with Crippen molar-refractivity contribution in [1.29, 1.82) is 0 Å². The van der Waals surface area contributed by atoms with Gasteiger partial charge in [0.05, 0.1) is 74.2 Å². The van der Waals surface area contributed by atoms with E-state index in [-0.39, 0.29) is 147 Å². The van der Waals surface area contributed by atoms with E-state index >= 15 is 26.3 Å². The molecule has 735 valence electrons. The van der Waals surface area contributed by atoms with Gasteiger partial charge in [0.1, 0.15) is 70.5 Å². The van der Waals surface area contributed by atoms with Gasteiger partial charge in [-0.05, 0) is 186 Å². The van der Waals surface area contributed by atoms with Gasteiger partial charge in [-0.2, -0.15) is 0 Å². The van der Waals surface area contributed by atoms with E-state index in [1.807, 2.05) is 88.1 Å². The van der Waals surface area contributed by atoms with Crippen molar-refractivity contribution in [3.8, 4) is 34.9 Å². The molecule has 6 fully saturated rings. The summed E-state index contributed by atoms with van der Waals surface area (Å²) in [4.78, 5) is 136. The van der Waals surface area contributed by atoms with Crippen molar-refractivity contribution in [2.75, 3.05) is 41.0 Å². The Morgan fingerprint density at radius 1 is 0.415 bits per heavy atom. The van der Waals surface area contributed by atoms with E-state index < -0.39 is 178 Å². The van der Waals surface area contributed by atoms with E-state index in [1.54, 1.807) is 89.2 Å². The third-order valence-corrected chi connectivity index (χ3v) is 28.6. The van der Waals surface area contributed by atoms with E-state index in [1.165, 1.54) is 54.2 Å². The summed E-state index contributed by atoms with van der Waals surface area (Å²) in [6.45, 7) is 26.9. The normalized spacial score (nSPS) is 30.5. The summed E-state index contributed by atoms with van der Waals surface area (Å²) in [5, 5.41) is 9.85. The number of methoxy groups -OCH3 is 3. The van der Waals surface area contributed by atoms with Crippen LogP contribution in [0.25, 0.3) is 32.7 Å². The van der Waals surface area contributed by atoms with Crippen LogP contribution in [-0.4, -0.2) is 197 Å². The van der Waals surface area contributed by atoms with E-state index in [2.05, 4.69) is 30.9 Å². The number of ether oxygens (including phenoxy) is 9. The van der Waals surface area contributed by atoms with Gasteiger partial charge in [-0.3, -0.25) is 14.4 Å². The maximum absolute atomic E-state index is 16.1. The molecule has 6 amide bonds. The van der Waals surface area contributed by atoms with Crippen LogP contribution in [0.1, 0.15) is 236 Å². The van der Waals surface area contributed by atoms with Crippen LogP contribution in [0.3, 0.4) is 0 Å². The largest absolute Gasteiger partial charge is 0.540 e. The van der Waals surface area contributed by atoms with Crippen molar-refractivity contribution >= 4 is 87.6 Å². The number of rotatable bonds is 7. The predicted octanol–water partition coefficient (Wildman–Crippen LogP) is 17.8. The number of nitrogens with zero attached hydrogens (tertiary/aromatic N) is 6. The molecule has 3 saturated carbocycles. The Bertz CT molecular complexity index is 5320. The average Bonchev–Trinajstić information content (AvgIpc) is 1.72. The zero-order chi connectivity index (χ0) is 96.1. The number of carbonyl (C=O) groups excluding carboxylic acids is 9. The molecule has 6 aromatic rings. The van der Waals surface area contributed by atoms with Crippen LogP contribution in [0.5, 0.6) is 34.9 Å². The first kappa shape index (κ1) is 108. The zero-order valence-corrected chi connectivity index (χ0v) is 84.3. The standard InChI is InChI=1S/C34H44F2N3O6.C33H42F2N3O6.C32H40F2N3O6.3V/c1-20-26(19-40)39-18-27(20)44-29-24(16-21-12-13-23(43-6)17-25(21)37-29)34(35,36)15-8-7-10-22-11-9-14-33(22,5)45-31(42)38-28(30(39)41)32(2,3)4;1-7-22-25(18-39)38-17-26(22)43-28-23(14-19-11-12-21(42-6)15-24(19)36-28)33(34,35)13-9-8-10-20-16-32(20,5)44-30(41)37-27(29(38)40)31(2,3)4;1-18-24(17-38)37-16-25(18)42-27-22(13-19-10-11-21(41-6)14-23(19)35-27)32(33,34)12-8-7-9-20-15-31(20,5)43-29(40)36-26(28(37)39)30(2,3)4;;;/h12-13,16-17,20,22,26-28H,7-11,14-15,18H2,1-6H3,(H,38,42);11-12,14-15,20,22,25-27H,7-10,13,16-17H2,1-6H3,(H,37,41);10-11,13-14,18,20,24-26H,7-9,12,15-16H2,1-6H3,(H,36,40);;;/q3*-1;;;/t20-,22+,26+,27-,28+,33+;20-,22+,25-,26+,27-,32-;18-,20+,24+,25-,26+,31+;;;/m010.../s1. The van der Waals surface area contributed by atoms with Crippen LogP contribution in [-0.2, 0) is 116 Å². The van der Waals surface area contributed by atoms with E-state index in [0.717, 1.165) is 12.8 Å². The fourth-order valence-electron chi connectivity index (χ4n) is 20.0. The Labute approximate surface area is 821 Å². The number of aromatic nitrogens is 3. The number of nitrogens with one attached hydrogen (secondary N) is 3. The fraction of sp³-hybridized carbons (Fsp3) is 0.636. The molecule has 3 aromatic carbocycles. The topological polar surface area (TPSA) is 321 Å². The summed E-state index contributed by atoms with van der Waals surface area (Å²) in [5.74, 6) is -12.1. The number of pyridine rings is 3. The Morgan fingerprint density at radius 3 is 1.02 bits per heavy atom. The molecule has 3 aliphatic carbocycles. The molecule has 0 spiro atoms. The van der Waals surface area contributed by atoms with Crippen molar-refractivity contribution in [2.24, 2.45) is 51.8 Å². The zero-order valence-electron chi connectivity index (χ0n) is 80.1. The fourth-order valence-corrected chi connectivity index (χ4v) is 20.0. The molecule has 9 aliphatic rings. The number of benzene rings is 3. The molecule has 15 rings (SSSR count). The molecule has 135 heavy (non-hydrogen) atoms. The first-order chi connectivity index (χ1) is 62.0. The number of alkyl carbamates (subject to hydrolysis) is 3. The van der Waals surface area contributed by atoms with Gasteiger partial charge in [0.2, 0.25) is 35.4 Å². The van der Waals surface area contributed by atoms with Gasteiger partial charge in [-0.1, -0.05) is 127 Å². The van der Waals surface area contributed by atoms with Crippen molar-refractivity contribution in [3.05, 3.63) is 89.5 Å². The van der Waals surface area contributed by atoms with Gasteiger partial charge in [0, 0.05) is 121 Å². The maximum Gasteiger partial charge on any atom is 0.408 e. The second-order valence-corrected chi connectivity index (χ2v) is 41.3. The molecule has 3 radical (unpaired) electrons. The minimum Gasteiger partial charge on any atom is -0.540 e. The first-order valence-electron chi connectivity index (χ1n) is 46.2. The van der Waals surface area contributed by atoms with Gasteiger partial charge in [-0.15, -0.1) is 0 Å². The van der Waals surface area contributed by atoms with Gasteiger partial charge in [0.15, 0.2) is 0 Å². The quantitative estimate of drug-likeness (QED) is 0.0759. The molecule has 3 aromatic heterocycles. The molecule has 6 bridgehead atoms. The van der Waals surface area contributed by atoms with E-state index in [0.29, 0.717) is 114 Å². The minimum absolute atomic E-state index is 0. The number of carbonyl (C=O) groups is 6. The summed E-state index contributed by atoms with van der Waals surface area (Å²) in [5.41, 5.74) is -4.18. The van der Waals surface area contributed by atoms with Crippen LogP contribution in [0.15, 0.2) is 72.8 Å². The molecular weight excluding hydrogens is 1870 g/mol. The van der Waals surface area contributed by atoms with Gasteiger partial charge in [0.25, 0.3) is 17.8 Å². The third kappa shape index (κ3) is 23.9. The Balaban J connectivity index is 0.000000207. The molecule has 36 heteroatoms. The number of amides is 6. The Kier molecular flexibility index (Phi) is 34.1. The van der Waals surface area contributed by atoms with Crippen molar-refractivity contribution in [3.63, 3.8) is 0 Å². The Hall–Kier alpha value is -8.75. The first-order valence-corrected chi connectivity index (χ1v) is 46.2. The van der Waals surface area contributed by atoms with Crippen LogP contribution in [0, 0.1) is 51.8 Å². The number of hydrogen-bond donors (Lipinski definition) is 3. The van der Waals surface area contributed by atoms with Crippen LogP contribution in [0.4, 0.5) is 40.7 Å². The minimum atomic E-state index is -3.26. The molecule has 27 nitrogen and oxygen atoms in total. The number of halogens is 6. The van der Waals surface area contributed by atoms with Gasteiger partial charge >= 0.3 is 18.3 Å². The molecular formula is C99H126F6N9O18V3-3.